The van der Waals surface area contributed by atoms with Gasteiger partial charge < -0.3 is 14.4 Å². The van der Waals surface area contributed by atoms with Gasteiger partial charge in [0.1, 0.15) is 0 Å². The van der Waals surface area contributed by atoms with Gasteiger partial charge in [-0.3, -0.25) is 0 Å². The van der Waals surface area contributed by atoms with Crippen LogP contribution >= 0.6 is 0 Å². The van der Waals surface area contributed by atoms with Crippen molar-refractivity contribution in [1.29, 1.82) is 0 Å². The molecule has 0 radical (unpaired) electrons. The normalized spacial score (nSPS) is 12.4. The van der Waals surface area contributed by atoms with E-state index < -0.39 is 0 Å². The number of rotatable bonds is 8. The van der Waals surface area contributed by atoms with Crippen molar-refractivity contribution in [3.63, 3.8) is 0 Å². The standard InChI is InChI=1S/C71H49BN6/c1-46-31-39-62-57(43-46)58-44-47(2)32-40-63(58)78(62)61-41-37-52(71-74-69(50-19-7-3-8-20-50)73-70(75-71)51-21-9-4-10-22-51)45-56(61)49-35-33-48(34-36-49)55-38-42-66-67-68(55)77(54-25-13-6-14-26-54)65-30-18-16-28-60(65)72(67)59-27-15-17-29-64(59)76(66)53-23-11-5-12-24-53/h3-45H,1-2H3. The number of para-hydroxylation sites is 4. The van der Waals surface area contributed by atoms with Crippen LogP contribution < -0.4 is 26.2 Å². The molecule has 7 heteroatoms. The van der Waals surface area contributed by atoms with E-state index in [1.165, 1.54) is 61.0 Å². The Balaban J connectivity index is 0.955. The van der Waals surface area contributed by atoms with Crippen molar-refractivity contribution >= 4 is 79.0 Å². The van der Waals surface area contributed by atoms with Crippen LogP contribution in [-0.2, 0) is 0 Å². The summed E-state index contributed by atoms with van der Waals surface area (Å²) < 4.78 is 2.44. The van der Waals surface area contributed by atoms with Gasteiger partial charge in [-0.05, 0) is 126 Å². The molecular formula is C71H49BN6. The fraction of sp³-hybridized carbons (Fsp3) is 0.0282. The number of hydrogen-bond donors (Lipinski definition) is 0. The summed E-state index contributed by atoms with van der Waals surface area (Å²) in [6.45, 7) is 4.36. The van der Waals surface area contributed by atoms with Gasteiger partial charge in [0, 0.05) is 67.0 Å². The summed E-state index contributed by atoms with van der Waals surface area (Å²) in [5.74, 6) is 1.86. The molecule has 2 aliphatic heterocycles. The maximum absolute atomic E-state index is 5.22. The van der Waals surface area contributed by atoms with Gasteiger partial charge in [0.2, 0.25) is 0 Å². The Morgan fingerprint density at radius 3 is 1.31 bits per heavy atom. The lowest BCUT2D eigenvalue weighted by molar-refractivity contribution is 1.07. The molecule has 0 unspecified atom stereocenters. The third-order valence-electron chi connectivity index (χ3n) is 15.7. The van der Waals surface area contributed by atoms with E-state index in [1.807, 2.05) is 36.4 Å². The second kappa shape index (κ2) is 18.3. The summed E-state index contributed by atoms with van der Waals surface area (Å²) in [6, 6.07) is 94.3. The maximum atomic E-state index is 5.22. The molecular weight excluding hydrogens is 948 g/mol. The minimum atomic E-state index is 0.00542. The number of fused-ring (bicyclic) bond motifs is 7. The van der Waals surface area contributed by atoms with Crippen molar-refractivity contribution in [2.24, 2.45) is 0 Å². The molecule has 13 aromatic rings. The average molecular weight is 997 g/mol. The molecule has 6 nitrogen and oxygen atoms in total. The Labute approximate surface area is 454 Å². The zero-order valence-electron chi connectivity index (χ0n) is 43.1. The average Bonchev–Trinajstić information content (AvgIpc) is 3.28. The molecule has 11 aromatic carbocycles. The van der Waals surface area contributed by atoms with E-state index in [0.29, 0.717) is 17.5 Å². The first-order chi connectivity index (χ1) is 38.5. The van der Waals surface area contributed by atoms with Crippen molar-refractivity contribution in [2.75, 3.05) is 9.80 Å². The summed E-state index contributed by atoms with van der Waals surface area (Å²) in [5.41, 5.74) is 23.8. The Kier molecular flexibility index (Phi) is 10.6. The van der Waals surface area contributed by atoms with Crippen LogP contribution in [0.1, 0.15) is 11.1 Å². The summed E-state index contributed by atoms with van der Waals surface area (Å²) >= 11 is 0. The number of hydrogen-bond acceptors (Lipinski definition) is 5. The van der Waals surface area contributed by atoms with Crippen molar-refractivity contribution in [3.8, 4) is 62.1 Å². The first-order valence-electron chi connectivity index (χ1n) is 26.7. The smallest absolute Gasteiger partial charge is 0.252 e. The van der Waals surface area contributed by atoms with Crippen LogP contribution in [0, 0.1) is 13.8 Å². The van der Waals surface area contributed by atoms with Crippen molar-refractivity contribution in [2.45, 2.75) is 13.8 Å². The fourth-order valence-electron chi connectivity index (χ4n) is 12.2. The van der Waals surface area contributed by atoms with Gasteiger partial charge in [-0.2, -0.15) is 0 Å². The summed E-state index contributed by atoms with van der Waals surface area (Å²) in [6.07, 6.45) is 0. The molecule has 78 heavy (non-hydrogen) atoms. The number of nitrogens with zero attached hydrogens (tertiary/aromatic N) is 6. The minimum Gasteiger partial charge on any atom is -0.311 e. The van der Waals surface area contributed by atoms with Crippen LogP contribution in [-0.4, -0.2) is 26.2 Å². The van der Waals surface area contributed by atoms with Gasteiger partial charge >= 0.3 is 0 Å². The van der Waals surface area contributed by atoms with E-state index in [9.17, 15) is 0 Å². The van der Waals surface area contributed by atoms with E-state index in [2.05, 4.69) is 253 Å². The van der Waals surface area contributed by atoms with Crippen LogP contribution in [0.3, 0.4) is 0 Å². The van der Waals surface area contributed by atoms with E-state index >= 15 is 0 Å². The van der Waals surface area contributed by atoms with Crippen LogP contribution in [0.4, 0.5) is 34.1 Å². The molecule has 0 spiro atoms. The lowest BCUT2D eigenvalue weighted by Crippen LogP contribution is -2.61. The molecule has 4 heterocycles. The van der Waals surface area contributed by atoms with E-state index in [1.54, 1.807) is 0 Å². The highest BCUT2D eigenvalue weighted by Gasteiger charge is 2.44. The van der Waals surface area contributed by atoms with Crippen LogP contribution in [0.2, 0.25) is 0 Å². The summed E-state index contributed by atoms with van der Waals surface area (Å²) in [5, 5.41) is 2.46. The topological polar surface area (TPSA) is 50.1 Å². The molecule has 0 N–H and O–H groups in total. The van der Waals surface area contributed by atoms with Gasteiger partial charge in [-0.25, -0.2) is 15.0 Å². The molecule has 0 saturated carbocycles. The van der Waals surface area contributed by atoms with Crippen LogP contribution in [0.25, 0.3) is 83.9 Å². The molecule has 2 aliphatic rings. The predicted octanol–water partition coefficient (Wildman–Crippen LogP) is 16.0. The molecule has 0 saturated heterocycles. The number of aromatic nitrogens is 4. The molecule has 0 fully saturated rings. The third kappa shape index (κ3) is 7.38. The second-order valence-electron chi connectivity index (χ2n) is 20.5. The Morgan fingerprint density at radius 1 is 0.321 bits per heavy atom. The van der Waals surface area contributed by atoms with E-state index in [4.69, 9.17) is 15.0 Å². The van der Waals surface area contributed by atoms with Crippen LogP contribution in [0.15, 0.2) is 261 Å². The predicted molar refractivity (Wildman–Crippen MR) is 325 cm³/mol. The number of benzene rings is 11. The van der Waals surface area contributed by atoms with Crippen LogP contribution in [0.5, 0.6) is 0 Å². The van der Waals surface area contributed by atoms with Gasteiger partial charge in [-0.1, -0.05) is 187 Å². The van der Waals surface area contributed by atoms with E-state index in [0.717, 1.165) is 67.0 Å². The highest BCUT2D eigenvalue weighted by atomic mass is 15.2. The Morgan fingerprint density at radius 2 is 0.756 bits per heavy atom. The first kappa shape index (κ1) is 45.3. The molecule has 366 valence electrons. The maximum Gasteiger partial charge on any atom is 0.252 e. The van der Waals surface area contributed by atoms with E-state index in [-0.39, 0.29) is 6.71 Å². The van der Waals surface area contributed by atoms with Crippen molar-refractivity contribution < 1.29 is 0 Å². The van der Waals surface area contributed by atoms with Gasteiger partial charge in [0.05, 0.1) is 22.4 Å². The number of aryl methyl sites for hydroxylation is 2. The fourth-order valence-corrected chi connectivity index (χ4v) is 12.2. The van der Waals surface area contributed by atoms with Gasteiger partial charge in [0.25, 0.3) is 6.71 Å². The zero-order valence-corrected chi connectivity index (χ0v) is 43.1. The third-order valence-corrected chi connectivity index (χ3v) is 15.7. The quantitative estimate of drug-likeness (QED) is 0.142. The number of anilines is 6. The highest BCUT2D eigenvalue weighted by Crippen LogP contribution is 2.48. The zero-order chi connectivity index (χ0) is 51.8. The highest BCUT2D eigenvalue weighted by molar-refractivity contribution is 7.00. The van der Waals surface area contributed by atoms with Crippen molar-refractivity contribution in [3.05, 3.63) is 272 Å². The molecule has 2 aromatic heterocycles. The molecule has 15 rings (SSSR count). The van der Waals surface area contributed by atoms with Crippen molar-refractivity contribution in [1.82, 2.24) is 19.5 Å². The SMILES string of the molecule is Cc1ccc2c(c1)c1cc(C)ccc1n2-c1ccc(-c2nc(-c3ccccc3)nc(-c3ccccc3)n2)cc1-c1ccc(-c2ccc3c4c2N(c2ccccc2)c2ccccc2B4c2ccccc2N3c2ccccc2)cc1. The lowest BCUT2D eigenvalue weighted by atomic mass is 9.33. The lowest BCUT2D eigenvalue weighted by Gasteiger charge is -2.45. The van der Waals surface area contributed by atoms with Gasteiger partial charge in [-0.15, -0.1) is 0 Å². The molecule has 0 bridgehead atoms. The summed E-state index contributed by atoms with van der Waals surface area (Å²) in [7, 11) is 0. The van der Waals surface area contributed by atoms with Gasteiger partial charge in [0.15, 0.2) is 17.5 Å². The Bertz CT molecular complexity index is 4340. The monoisotopic (exact) mass is 996 g/mol. The molecule has 0 amide bonds. The minimum absolute atomic E-state index is 0.00542. The Hall–Kier alpha value is -10.1. The first-order valence-corrected chi connectivity index (χ1v) is 26.7. The summed E-state index contributed by atoms with van der Waals surface area (Å²) in [4.78, 5) is 20.4. The molecule has 0 aliphatic carbocycles. The second-order valence-corrected chi connectivity index (χ2v) is 20.5. The molecule has 0 atom stereocenters. The largest absolute Gasteiger partial charge is 0.311 e.